The molecule has 2 aromatic heterocycles. The molecule has 0 radical (unpaired) electrons. The van der Waals surface area contributed by atoms with Gasteiger partial charge in [0.1, 0.15) is 0 Å². The molecular formula is C15H16N4O. The van der Waals surface area contributed by atoms with Crippen LogP contribution in [0.4, 0.5) is 0 Å². The Balaban J connectivity index is 1.58. The topological polar surface area (TPSA) is 44.9 Å². The predicted octanol–water partition coefficient (Wildman–Crippen LogP) is 2.23. The van der Waals surface area contributed by atoms with E-state index in [9.17, 15) is 0 Å². The molecule has 3 rings (SSSR count). The van der Waals surface area contributed by atoms with Crippen molar-refractivity contribution in [2.75, 3.05) is 6.61 Å². The number of aromatic nitrogens is 4. The summed E-state index contributed by atoms with van der Waals surface area (Å²) in [6, 6.07) is 9.97. The van der Waals surface area contributed by atoms with Crippen LogP contribution < -0.4 is 4.74 Å². The summed E-state index contributed by atoms with van der Waals surface area (Å²) >= 11 is 0. The molecule has 0 saturated carbocycles. The molecule has 2 heterocycles. The lowest BCUT2D eigenvalue weighted by atomic mass is 10.3. The van der Waals surface area contributed by atoms with Gasteiger partial charge in [0.05, 0.1) is 30.9 Å². The highest BCUT2D eigenvalue weighted by Crippen LogP contribution is 2.13. The van der Waals surface area contributed by atoms with Crippen LogP contribution in [0.2, 0.25) is 0 Å². The van der Waals surface area contributed by atoms with Gasteiger partial charge in [-0.15, -0.1) is 0 Å². The van der Waals surface area contributed by atoms with E-state index in [0.717, 1.165) is 17.9 Å². The van der Waals surface area contributed by atoms with Gasteiger partial charge in [0.2, 0.25) is 0 Å². The van der Waals surface area contributed by atoms with E-state index in [1.54, 1.807) is 15.6 Å². The fourth-order valence-electron chi connectivity index (χ4n) is 1.99. The van der Waals surface area contributed by atoms with Crippen molar-refractivity contribution >= 4 is 0 Å². The minimum atomic E-state index is 0.617. The molecule has 0 spiro atoms. The van der Waals surface area contributed by atoms with Gasteiger partial charge in [-0.25, -0.2) is 4.68 Å². The van der Waals surface area contributed by atoms with E-state index < -0.39 is 0 Å². The van der Waals surface area contributed by atoms with Crippen molar-refractivity contribution in [3.05, 3.63) is 60.7 Å². The summed E-state index contributed by atoms with van der Waals surface area (Å²) in [6.45, 7) is 0.617. The fourth-order valence-corrected chi connectivity index (χ4v) is 1.99. The van der Waals surface area contributed by atoms with Crippen molar-refractivity contribution in [3.8, 4) is 11.4 Å². The fraction of sp³-hybridized carbons (Fsp3) is 0.200. The molecule has 102 valence electrons. The van der Waals surface area contributed by atoms with Crippen molar-refractivity contribution in [2.24, 2.45) is 7.05 Å². The highest BCUT2D eigenvalue weighted by molar-refractivity contribution is 5.32. The van der Waals surface area contributed by atoms with Crippen molar-refractivity contribution < 1.29 is 4.74 Å². The Bertz CT molecular complexity index is 672. The summed E-state index contributed by atoms with van der Waals surface area (Å²) in [5.74, 6) is 0.776. The van der Waals surface area contributed by atoms with Gasteiger partial charge in [0.25, 0.3) is 0 Å². The number of benzene rings is 1. The predicted molar refractivity (Wildman–Crippen MR) is 76.0 cm³/mol. The van der Waals surface area contributed by atoms with Crippen molar-refractivity contribution in [1.82, 2.24) is 19.6 Å². The average molecular weight is 268 g/mol. The van der Waals surface area contributed by atoms with E-state index in [1.165, 1.54) is 5.56 Å². The van der Waals surface area contributed by atoms with Crippen LogP contribution in [-0.2, 0) is 13.5 Å². The van der Waals surface area contributed by atoms with Gasteiger partial charge in [0.15, 0.2) is 5.75 Å². The maximum atomic E-state index is 5.70. The number of para-hydroxylation sites is 1. The Morgan fingerprint density at radius 2 is 1.90 bits per heavy atom. The van der Waals surface area contributed by atoms with Gasteiger partial charge in [-0.3, -0.25) is 4.68 Å². The minimum absolute atomic E-state index is 0.617. The normalized spacial score (nSPS) is 10.7. The Kier molecular flexibility index (Phi) is 3.50. The van der Waals surface area contributed by atoms with Crippen LogP contribution in [0.1, 0.15) is 5.56 Å². The quantitative estimate of drug-likeness (QED) is 0.712. The van der Waals surface area contributed by atoms with Crippen LogP contribution in [0.15, 0.2) is 55.1 Å². The van der Waals surface area contributed by atoms with E-state index in [2.05, 4.69) is 10.2 Å². The molecule has 1 aromatic carbocycles. The molecule has 0 aliphatic heterocycles. The highest BCUT2D eigenvalue weighted by atomic mass is 16.5. The first-order valence-electron chi connectivity index (χ1n) is 6.52. The molecule has 0 fully saturated rings. The molecule has 0 amide bonds. The molecular weight excluding hydrogens is 252 g/mol. The lowest BCUT2D eigenvalue weighted by Crippen LogP contribution is -2.00. The van der Waals surface area contributed by atoms with E-state index in [1.807, 2.05) is 56.0 Å². The van der Waals surface area contributed by atoms with Gasteiger partial charge in [-0.2, -0.15) is 10.2 Å². The lowest BCUT2D eigenvalue weighted by Gasteiger charge is -2.01. The summed E-state index contributed by atoms with van der Waals surface area (Å²) in [4.78, 5) is 0. The summed E-state index contributed by atoms with van der Waals surface area (Å²) < 4.78 is 9.30. The molecule has 0 atom stereocenters. The second kappa shape index (κ2) is 5.61. The van der Waals surface area contributed by atoms with Crippen LogP contribution in [0.25, 0.3) is 5.69 Å². The summed E-state index contributed by atoms with van der Waals surface area (Å²) in [7, 11) is 1.91. The third-order valence-electron chi connectivity index (χ3n) is 3.00. The van der Waals surface area contributed by atoms with E-state index in [0.29, 0.717) is 6.61 Å². The van der Waals surface area contributed by atoms with Gasteiger partial charge in [-0.05, 0) is 17.7 Å². The molecule has 0 unspecified atom stereocenters. The number of rotatable bonds is 5. The van der Waals surface area contributed by atoms with Gasteiger partial charge < -0.3 is 4.74 Å². The molecule has 5 nitrogen and oxygen atoms in total. The summed E-state index contributed by atoms with van der Waals surface area (Å²) in [5.41, 5.74) is 2.19. The van der Waals surface area contributed by atoms with Crippen LogP contribution in [-0.4, -0.2) is 26.2 Å². The molecule has 20 heavy (non-hydrogen) atoms. The first-order valence-corrected chi connectivity index (χ1v) is 6.52. The molecule has 0 aliphatic rings. The first kappa shape index (κ1) is 12.5. The maximum absolute atomic E-state index is 5.70. The number of hydrogen-bond donors (Lipinski definition) is 0. The first-order chi connectivity index (χ1) is 9.81. The van der Waals surface area contributed by atoms with E-state index >= 15 is 0 Å². The van der Waals surface area contributed by atoms with Crippen LogP contribution >= 0.6 is 0 Å². The molecule has 0 saturated heterocycles. The van der Waals surface area contributed by atoms with Gasteiger partial charge in [-0.1, -0.05) is 18.2 Å². The largest absolute Gasteiger partial charge is 0.490 e. The second-order valence-electron chi connectivity index (χ2n) is 4.58. The Labute approximate surface area is 117 Å². The average Bonchev–Trinajstić information content (AvgIpc) is 3.09. The van der Waals surface area contributed by atoms with E-state index in [4.69, 9.17) is 4.74 Å². The maximum Gasteiger partial charge on any atom is 0.157 e. The SMILES string of the molecule is Cn1cc(CCOc2cnn(-c3ccccc3)c2)cn1. The van der Waals surface area contributed by atoms with Crippen molar-refractivity contribution in [1.29, 1.82) is 0 Å². The number of nitrogens with zero attached hydrogens (tertiary/aromatic N) is 4. The standard InChI is InChI=1S/C15H16N4O/c1-18-11-13(9-16-18)7-8-20-15-10-17-19(12-15)14-5-3-2-4-6-14/h2-6,9-12H,7-8H2,1H3. The zero-order valence-electron chi connectivity index (χ0n) is 11.3. The molecule has 0 N–H and O–H groups in total. The number of aryl methyl sites for hydroxylation is 1. The highest BCUT2D eigenvalue weighted by Gasteiger charge is 2.02. The van der Waals surface area contributed by atoms with Crippen LogP contribution in [0.3, 0.4) is 0 Å². The van der Waals surface area contributed by atoms with Crippen molar-refractivity contribution in [3.63, 3.8) is 0 Å². The number of ether oxygens (including phenoxy) is 1. The summed E-state index contributed by atoms with van der Waals surface area (Å²) in [6.07, 6.45) is 8.31. The Morgan fingerprint density at radius 3 is 2.65 bits per heavy atom. The zero-order valence-corrected chi connectivity index (χ0v) is 11.3. The zero-order chi connectivity index (χ0) is 13.8. The third kappa shape index (κ3) is 2.88. The monoisotopic (exact) mass is 268 g/mol. The lowest BCUT2D eigenvalue weighted by molar-refractivity contribution is 0.322. The second-order valence-corrected chi connectivity index (χ2v) is 4.58. The van der Waals surface area contributed by atoms with Crippen LogP contribution in [0.5, 0.6) is 5.75 Å². The summed E-state index contributed by atoms with van der Waals surface area (Å²) in [5, 5.41) is 8.42. The molecule has 5 heteroatoms. The van der Waals surface area contributed by atoms with Gasteiger partial charge >= 0.3 is 0 Å². The van der Waals surface area contributed by atoms with Gasteiger partial charge in [0, 0.05) is 19.7 Å². The van der Waals surface area contributed by atoms with E-state index in [-0.39, 0.29) is 0 Å². The third-order valence-corrected chi connectivity index (χ3v) is 3.00. The minimum Gasteiger partial charge on any atom is -0.490 e. The van der Waals surface area contributed by atoms with Crippen molar-refractivity contribution in [2.45, 2.75) is 6.42 Å². The molecule has 0 bridgehead atoms. The smallest absolute Gasteiger partial charge is 0.157 e. The number of hydrogen-bond acceptors (Lipinski definition) is 3. The molecule has 0 aliphatic carbocycles. The Hall–Kier alpha value is -2.56. The van der Waals surface area contributed by atoms with Crippen LogP contribution in [0, 0.1) is 0 Å². The molecule has 3 aromatic rings. The Morgan fingerprint density at radius 1 is 1.05 bits per heavy atom.